The van der Waals surface area contributed by atoms with Gasteiger partial charge in [-0.2, -0.15) is 0 Å². The molecule has 1 saturated carbocycles. The van der Waals surface area contributed by atoms with Crippen LogP contribution in [0, 0.1) is 0 Å². The maximum Gasteiger partial charge on any atom is 0.248 e. The Morgan fingerprint density at radius 2 is 1.26 bits per heavy atom. The first kappa shape index (κ1) is 49.9. The molecule has 5 aromatic rings. The molecule has 1 unspecified atom stereocenters. The molecule has 1 aliphatic carbocycles. The van der Waals surface area contributed by atoms with Gasteiger partial charge < -0.3 is 43.8 Å². The normalized spacial score (nSPS) is 16.8. The maximum atomic E-state index is 14.7. The lowest BCUT2D eigenvalue weighted by Crippen LogP contribution is -2.64. The fourth-order valence-corrected chi connectivity index (χ4v) is 8.76. The summed E-state index contributed by atoms with van der Waals surface area (Å²) >= 11 is 0. The van der Waals surface area contributed by atoms with E-state index in [-0.39, 0.29) is 68.5 Å². The molecule has 5 aromatic carbocycles. The van der Waals surface area contributed by atoms with Crippen molar-refractivity contribution in [3.05, 3.63) is 155 Å². The van der Waals surface area contributed by atoms with Crippen LogP contribution < -0.4 is 43.8 Å². The molecule has 0 bridgehead atoms. The average Bonchev–Trinajstić information content (AvgIpc) is 3.34. The number of nitrogens with two attached hydrogens (primary N) is 3. The van der Waals surface area contributed by atoms with Gasteiger partial charge in [0.25, 0.3) is 0 Å². The highest BCUT2D eigenvalue weighted by Gasteiger charge is 2.44. The number of nitrogens with zero attached hydrogens (tertiary/aromatic N) is 1. The van der Waals surface area contributed by atoms with Gasteiger partial charge in [0.1, 0.15) is 23.7 Å². The van der Waals surface area contributed by atoms with Crippen molar-refractivity contribution in [2.45, 2.75) is 107 Å². The number of primary amides is 1. The first-order chi connectivity index (χ1) is 32.8. The Hall–Kier alpha value is -7.55. The number of carbonyl (C=O) groups excluding carboxylic acids is 6. The number of amides is 6. The molecule has 0 spiro atoms. The van der Waals surface area contributed by atoms with Crippen LogP contribution in [0.2, 0.25) is 0 Å². The third kappa shape index (κ3) is 14.2. The Labute approximate surface area is 397 Å². The lowest BCUT2D eigenvalue weighted by molar-refractivity contribution is -0.138. The molecular formula is C53H63N9O6. The first-order valence-electron chi connectivity index (χ1n) is 23.3. The van der Waals surface area contributed by atoms with Crippen molar-refractivity contribution in [3.8, 4) is 0 Å². The van der Waals surface area contributed by atoms with Gasteiger partial charge in [0.15, 0.2) is 5.96 Å². The Kier molecular flexibility index (Phi) is 17.8. The average molecular weight is 922 g/mol. The van der Waals surface area contributed by atoms with E-state index in [0.717, 1.165) is 21.9 Å². The van der Waals surface area contributed by atoms with Crippen molar-refractivity contribution in [1.82, 2.24) is 26.6 Å². The summed E-state index contributed by atoms with van der Waals surface area (Å²) in [7, 11) is 0. The number of carbonyl (C=O) groups is 6. The summed E-state index contributed by atoms with van der Waals surface area (Å²) in [5, 5.41) is 16.7. The predicted molar refractivity (Wildman–Crippen MR) is 264 cm³/mol. The number of hydrogen-bond acceptors (Lipinski definition) is 7. The molecule has 68 heavy (non-hydrogen) atoms. The van der Waals surface area contributed by atoms with E-state index >= 15 is 0 Å². The number of aliphatic imine (C=N–C) groups is 1. The second-order valence-corrected chi connectivity index (χ2v) is 17.5. The molecular weight excluding hydrogens is 859 g/mol. The van der Waals surface area contributed by atoms with Crippen LogP contribution in [0.25, 0.3) is 10.8 Å². The highest BCUT2D eigenvalue weighted by atomic mass is 16.2. The van der Waals surface area contributed by atoms with Crippen LogP contribution in [-0.2, 0) is 43.4 Å². The summed E-state index contributed by atoms with van der Waals surface area (Å²) in [5.41, 5.74) is 19.1. The number of rotatable bonds is 22. The fourth-order valence-electron chi connectivity index (χ4n) is 8.76. The Morgan fingerprint density at radius 1 is 0.647 bits per heavy atom. The minimum Gasteiger partial charge on any atom is -0.370 e. The van der Waals surface area contributed by atoms with E-state index in [0.29, 0.717) is 37.7 Å². The van der Waals surface area contributed by atoms with Crippen molar-refractivity contribution in [2.75, 3.05) is 6.54 Å². The summed E-state index contributed by atoms with van der Waals surface area (Å²) in [4.78, 5) is 87.3. The van der Waals surface area contributed by atoms with Gasteiger partial charge in [-0.05, 0) is 96.0 Å². The van der Waals surface area contributed by atoms with Gasteiger partial charge >= 0.3 is 0 Å². The predicted octanol–water partition coefficient (Wildman–Crippen LogP) is 4.56. The van der Waals surface area contributed by atoms with E-state index in [4.69, 9.17) is 17.2 Å². The molecule has 0 radical (unpaired) electrons. The third-order valence-electron chi connectivity index (χ3n) is 12.4. The smallest absolute Gasteiger partial charge is 0.248 e. The van der Waals surface area contributed by atoms with E-state index in [1.807, 2.05) is 97.9 Å². The molecule has 1 fully saturated rings. The van der Waals surface area contributed by atoms with Crippen LogP contribution in [0.4, 0.5) is 0 Å². The van der Waals surface area contributed by atoms with E-state index in [9.17, 15) is 28.8 Å². The number of guanidine groups is 1. The number of hydrogen-bond donors (Lipinski definition) is 8. The van der Waals surface area contributed by atoms with Crippen molar-refractivity contribution >= 4 is 52.2 Å². The molecule has 11 N–H and O–H groups in total. The largest absolute Gasteiger partial charge is 0.370 e. The third-order valence-corrected chi connectivity index (χ3v) is 12.4. The van der Waals surface area contributed by atoms with Crippen LogP contribution in [0.1, 0.15) is 96.8 Å². The van der Waals surface area contributed by atoms with E-state index in [1.54, 1.807) is 24.3 Å². The molecule has 0 saturated heterocycles. The van der Waals surface area contributed by atoms with Gasteiger partial charge in [0, 0.05) is 37.9 Å². The minimum atomic E-state index is -1.27. The van der Waals surface area contributed by atoms with Crippen LogP contribution >= 0.6 is 0 Å². The number of benzene rings is 5. The van der Waals surface area contributed by atoms with E-state index in [2.05, 4.69) is 43.7 Å². The van der Waals surface area contributed by atoms with Gasteiger partial charge in [0.05, 0.1) is 0 Å². The Balaban J connectivity index is 1.26. The molecule has 15 nitrogen and oxygen atoms in total. The Morgan fingerprint density at radius 3 is 1.96 bits per heavy atom. The molecule has 0 aliphatic heterocycles. The van der Waals surface area contributed by atoms with Crippen LogP contribution in [0.5, 0.6) is 0 Å². The molecule has 0 heterocycles. The van der Waals surface area contributed by atoms with Crippen molar-refractivity contribution < 1.29 is 28.8 Å². The van der Waals surface area contributed by atoms with Gasteiger partial charge in [-0.15, -0.1) is 0 Å². The van der Waals surface area contributed by atoms with E-state index < -0.39 is 53.2 Å². The zero-order valence-corrected chi connectivity index (χ0v) is 38.5. The van der Waals surface area contributed by atoms with Gasteiger partial charge in [-0.1, -0.05) is 122 Å². The molecule has 3 atom stereocenters. The van der Waals surface area contributed by atoms with Crippen LogP contribution in [-0.4, -0.2) is 71.6 Å². The summed E-state index contributed by atoms with van der Waals surface area (Å²) in [6.45, 7) is 2.09. The lowest BCUT2D eigenvalue weighted by atomic mass is 9.73. The number of nitrogens with one attached hydrogen (secondary N) is 5. The molecule has 0 aromatic heterocycles. The molecule has 6 rings (SSSR count). The van der Waals surface area contributed by atoms with Crippen molar-refractivity contribution in [1.29, 1.82) is 0 Å². The van der Waals surface area contributed by atoms with Gasteiger partial charge in [0.2, 0.25) is 35.4 Å². The molecule has 6 amide bonds. The monoisotopic (exact) mass is 921 g/mol. The van der Waals surface area contributed by atoms with Gasteiger partial charge in [-0.25, -0.2) is 0 Å². The summed E-state index contributed by atoms with van der Waals surface area (Å²) < 4.78 is 0. The van der Waals surface area contributed by atoms with Crippen LogP contribution in [0.3, 0.4) is 0 Å². The minimum absolute atomic E-state index is 0.0386. The topological polar surface area (TPSA) is 253 Å². The molecule has 1 aliphatic rings. The van der Waals surface area contributed by atoms with E-state index in [1.165, 1.54) is 5.56 Å². The van der Waals surface area contributed by atoms with Crippen LogP contribution in [0.15, 0.2) is 132 Å². The zero-order chi connectivity index (χ0) is 48.5. The van der Waals surface area contributed by atoms with Crippen molar-refractivity contribution in [2.24, 2.45) is 22.2 Å². The fraction of sp³-hybridized carbons (Fsp3) is 0.340. The lowest BCUT2D eigenvalue weighted by Gasteiger charge is -2.40. The Bertz CT molecular complexity index is 2560. The first-order valence-corrected chi connectivity index (χ1v) is 23.3. The molecule has 15 heteroatoms. The van der Waals surface area contributed by atoms with Gasteiger partial charge in [-0.3, -0.25) is 33.8 Å². The maximum absolute atomic E-state index is 14.7. The summed E-state index contributed by atoms with van der Waals surface area (Å²) in [6, 6.07) is 35.9. The SMILES string of the molecule is CCCC(=O)NC1(C(=O)N[C@H](Cc2ccccc2)C(=O)N[C@@H](CCCN=C(N)N)C(=O)NC(Cc2ccc3ccccc3c2)C(=O)NCc2cccc(C(N)=O)c2)CCC(c2ccccc2)CC1. The molecule has 356 valence electrons. The standard InChI is InChI=1S/C53H63N9O6/c1-2-13-46(63)62-53(27-25-40(26-28-53)38-17-7-4-8-18-38)51(68)61-45(32-35-14-5-3-6-15-35)50(67)59-43(22-12-29-57-52(55)56)49(66)60-44(33-36-23-24-39-19-9-10-20-41(39)30-36)48(65)58-34-37-16-11-21-42(31-37)47(54)64/h3-11,14-21,23-24,30-31,40,43-45H,2,12-13,22,25-29,32-34H2,1H3,(H2,54,64)(H,58,65)(H,59,67)(H,60,66)(H,61,68)(H,62,63)(H4,55,56,57)/t40?,43-,44?,45+,53?/m0/s1. The second kappa shape index (κ2) is 24.3. The summed E-state index contributed by atoms with van der Waals surface area (Å²) in [5.74, 6) is -3.06. The second-order valence-electron chi connectivity index (χ2n) is 17.5. The van der Waals surface area contributed by atoms with Crippen molar-refractivity contribution in [3.63, 3.8) is 0 Å². The quantitative estimate of drug-likeness (QED) is 0.0277. The number of fused-ring (bicyclic) bond motifs is 1. The zero-order valence-electron chi connectivity index (χ0n) is 38.5. The summed E-state index contributed by atoms with van der Waals surface area (Å²) in [6.07, 6.45) is 3.37. The highest BCUT2D eigenvalue weighted by Crippen LogP contribution is 2.38. The highest BCUT2D eigenvalue weighted by molar-refractivity contribution is 5.97.